The smallest absolute Gasteiger partial charge is 0.191 e. The monoisotopic (exact) mass is 353 g/mol. The number of nitrogens with zero attached hydrogens (tertiary/aromatic N) is 2. The van der Waals surface area contributed by atoms with Gasteiger partial charge in [-0.15, -0.1) is 0 Å². The van der Waals surface area contributed by atoms with Gasteiger partial charge in [0.25, 0.3) is 0 Å². The number of benzene rings is 2. The van der Waals surface area contributed by atoms with E-state index < -0.39 is 0 Å². The maximum atomic E-state index is 5.90. The number of rotatable bonds is 5. The summed E-state index contributed by atoms with van der Waals surface area (Å²) in [6.45, 7) is 1.23. The number of guanidine groups is 1. The highest BCUT2D eigenvalue weighted by molar-refractivity contribution is 6.30. The van der Waals surface area contributed by atoms with Crippen molar-refractivity contribution in [2.24, 2.45) is 4.99 Å². The Morgan fingerprint density at radius 2 is 1.76 bits per heavy atom. The zero-order valence-corrected chi connectivity index (χ0v) is 14.7. The van der Waals surface area contributed by atoms with Crippen molar-refractivity contribution in [2.75, 3.05) is 7.05 Å². The van der Waals surface area contributed by atoms with Crippen LogP contribution < -0.4 is 10.6 Å². The Labute approximate surface area is 152 Å². The SMILES string of the molecule is CN=C(NCc1ccc(Cl)cc1)NCc1ncc(-c2ccccc2)[nH]1. The second kappa shape index (κ2) is 8.35. The van der Waals surface area contributed by atoms with Gasteiger partial charge in [0.05, 0.1) is 18.4 Å². The normalized spacial score (nSPS) is 11.4. The molecule has 0 atom stereocenters. The maximum absolute atomic E-state index is 5.90. The molecule has 0 saturated heterocycles. The van der Waals surface area contributed by atoms with E-state index in [0.29, 0.717) is 19.0 Å². The van der Waals surface area contributed by atoms with Crippen molar-refractivity contribution in [3.05, 3.63) is 77.2 Å². The van der Waals surface area contributed by atoms with Crippen molar-refractivity contribution in [1.82, 2.24) is 20.6 Å². The fourth-order valence-electron chi connectivity index (χ4n) is 2.39. The first kappa shape index (κ1) is 17.0. The Morgan fingerprint density at radius 1 is 1.04 bits per heavy atom. The van der Waals surface area contributed by atoms with Crippen LogP contribution in [0.3, 0.4) is 0 Å². The molecule has 1 heterocycles. The summed E-state index contributed by atoms with van der Waals surface area (Å²) in [6.07, 6.45) is 1.84. The van der Waals surface area contributed by atoms with Gasteiger partial charge in [0.1, 0.15) is 5.82 Å². The molecule has 3 N–H and O–H groups in total. The van der Waals surface area contributed by atoms with Gasteiger partial charge < -0.3 is 15.6 Å². The van der Waals surface area contributed by atoms with Gasteiger partial charge >= 0.3 is 0 Å². The van der Waals surface area contributed by atoms with Crippen LogP contribution in [0.2, 0.25) is 5.02 Å². The van der Waals surface area contributed by atoms with Gasteiger partial charge in [-0.25, -0.2) is 4.98 Å². The number of hydrogen-bond acceptors (Lipinski definition) is 2. The molecule has 0 bridgehead atoms. The number of aromatic amines is 1. The van der Waals surface area contributed by atoms with Gasteiger partial charge in [-0.2, -0.15) is 0 Å². The Morgan fingerprint density at radius 3 is 2.48 bits per heavy atom. The first-order valence-electron chi connectivity index (χ1n) is 8.03. The van der Waals surface area contributed by atoms with E-state index in [9.17, 15) is 0 Å². The third kappa shape index (κ3) is 4.84. The van der Waals surface area contributed by atoms with Crippen LogP contribution in [0.25, 0.3) is 11.3 Å². The highest BCUT2D eigenvalue weighted by atomic mass is 35.5. The Balaban J connectivity index is 1.53. The second-order valence-corrected chi connectivity index (χ2v) is 5.95. The molecule has 0 amide bonds. The molecule has 5 nitrogen and oxygen atoms in total. The van der Waals surface area contributed by atoms with Gasteiger partial charge in [-0.1, -0.05) is 54.1 Å². The zero-order chi connectivity index (χ0) is 17.5. The lowest BCUT2D eigenvalue weighted by atomic mass is 10.2. The van der Waals surface area contributed by atoms with Crippen molar-refractivity contribution in [2.45, 2.75) is 13.1 Å². The number of nitrogens with one attached hydrogen (secondary N) is 3. The number of aliphatic imine (C=N–C) groups is 1. The topological polar surface area (TPSA) is 65.1 Å². The van der Waals surface area contributed by atoms with Crippen LogP contribution in [-0.2, 0) is 13.1 Å². The molecule has 0 unspecified atom stereocenters. The standard InChI is InChI=1S/C19H20ClN5/c1-21-19(23-11-14-7-9-16(20)10-8-14)24-13-18-22-12-17(25-18)15-5-3-2-4-6-15/h2-10,12H,11,13H2,1H3,(H,22,25)(H2,21,23,24). The van der Waals surface area contributed by atoms with Crippen LogP contribution >= 0.6 is 11.6 Å². The highest BCUT2D eigenvalue weighted by Crippen LogP contribution is 2.15. The molecule has 3 aromatic rings. The molecule has 2 aromatic carbocycles. The average molecular weight is 354 g/mol. The van der Waals surface area contributed by atoms with Crippen molar-refractivity contribution in [3.63, 3.8) is 0 Å². The fourth-order valence-corrected chi connectivity index (χ4v) is 2.52. The lowest BCUT2D eigenvalue weighted by molar-refractivity contribution is 0.782. The summed E-state index contributed by atoms with van der Waals surface area (Å²) in [5.74, 6) is 1.57. The van der Waals surface area contributed by atoms with E-state index in [1.54, 1.807) is 7.05 Å². The van der Waals surface area contributed by atoms with E-state index in [-0.39, 0.29) is 0 Å². The Bertz CT molecular complexity index is 825. The number of imidazole rings is 1. The van der Waals surface area contributed by atoms with Crippen molar-refractivity contribution >= 4 is 17.6 Å². The highest BCUT2D eigenvalue weighted by Gasteiger charge is 2.04. The third-order valence-corrected chi connectivity index (χ3v) is 3.99. The number of hydrogen-bond donors (Lipinski definition) is 3. The minimum Gasteiger partial charge on any atom is -0.352 e. The van der Waals surface area contributed by atoms with Gasteiger partial charge in [0.15, 0.2) is 5.96 Å². The van der Waals surface area contributed by atoms with E-state index in [2.05, 4.69) is 37.7 Å². The second-order valence-electron chi connectivity index (χ2n) is 5.52. The van der Waals surface area contributed by atoms with Crippen molar-refractivity contribution in [1.29, 1.82) is 0 Å². The van der Waals surface area contributed by atoms with Crippen LogP contribution in [0, 0.1) is 0 Å². The molecule has 1 aromatic heterocycles. The molecule has 0 radical (unpaired) electrons. The first-order chi connectivity index (χ1) is 12.2. The van der Waals surface area contributed by atoms with E-state index in [4.69, 9.17) is 11.6 Å². The van der Waals surface area contributed by atoms with Crippen LogP contribution in [0.4, 0.5) is 0 Å². The minimum atomic E-state index is 0.563. The molecule has 0 aliphatic heterocycles. The number of aromatic nitrogens is 2. The molecule has 0 spiro atoms. The van der Waals surface area contributed by atoms with Crippen LogP contribution in [0.15, 0.2) is 65.8 Å². The summed E-state index contributed by atoms with van der Waals surface area (Å²) in [5.41, 5.74) is 3.25. The Kier molecular flexibility index (Phi) is 5.69. The van der Waals surface area contributed by atoms with Crippen molar-refractivity contribution in [3.8, 4) is 11.3 Å². The predicted octanol–water partition coefficient (Wildman–Crippen LogP) is 3.60. The largest absolute Gasteiger partial charge is 0.352 e. The summed E-state index contributed by atoms with van der Waals surface area (Å²) in [6, 6.07) is 17.9. The zero-order valence-electron chi connectivity index (χ0n) is 14.0. The molecular formula is C19H20ClN5. The molecule has 0 fully saturated rings. The first-order valence-corrected chi connectivity index (χ1v) is 8.40. The summed E-state index contributed by atoms with van der Waals surface area (Å²) in [5, 5.41) is 7.25. The third-order valence-electron chi connectivity index (χ3n) is 3.73. The molecule has 25 heavy (non-hydrogen) atoms. The lowest BCUT2D eigenvalue weighted by Gasteiger charge is -2.11. The van der Waals surface area contributed by atoms with E-state index in [1.807, 2.05) is 48.7 Å². The Hall–Kier alpha value is -2.79. The van der Waals surface area contributed by atoms with E-state index >= 15 is 0 Å². The van der Waals surface area contributed by atoms with E-state index in [1.165, 1.54) is 0 Å². The molecular weight excluding hydrogens is 334 g/mol. The molecule has 0 aliphatic carbocycles. The predicted molar refractivity (Wildman–Crippen MR) is 103 cm³/mol. The summed E-state index contributed by atoms with van der Waals surface area (Å²) in [4.78, 5) is 12.0. The van der Waals surface area contributed by atoms with Crippen LogP contribution in [0.1, 0.15) is 11.4 Å². The molecule has 6 heteroatoms. The lowest BCUT2D eigenvalue weighted by Crippen LogP contribution is -2.36. The van der Waals surface area contributed by atoms with E-state index in [0.717, 1.165) is 27.7 Å². The summed E-state index contributed by atoms with van der Waals surface area (Å²) in [7, 11) is 1.74. The van der Waals surface area contributed by atoms with Gasteiger partial charge in [0.2, 0.25) is 0 Å². The molecule has 0 aliphatic rings. The van der Waals surface area contributed by atoms with Crippen LogP contribution in [-0.4, -0.2) is 23.0 Å². The molecule has 128 valence electrons. The summed E-state index contributed by atoms with van der Waals surface area (Å²) < 4.78 is 0. The molecule has 3 rings (SSSR count). The molecule has 0 saturated carbocycles. The maximum Gasteiger partial charge on any atom is 0.191 e. The van der Waals surface area contributed by atoms with Gasteiger partial charge in [0, 0.05) is 18.6 Å². The quantitative estimate of drug-likeness (QED) is 0.485. The van der Waals surface area contributed by atoms with Crippen LogP contribution in [0.5, 0.6) is 0 Å². The number of halogens is 1. The minimum absolute atomic E-state index is 0.563. The number of H-pyrrole nitrogens is 1. The summed E-state index contributed by atoms with van der Waals surface area (Å²) >= 11 is 5.90. The van der Waals surface area contributed by atoms with Gasteiger partial charge in [-0.3, -0.25) is 4.99 Å². The average Bonchev–Trinajstić information content (AvgIpc) is 3.13. The van der Waals surface area contributed by atoms with Crippen molar-refractivity contribution < 1.29 is 0 Å². The van der Waals surface area contributed by atoms with Gasteiger partial charge in [-0.05, 0) is 23.3 Å². The fraction of sp³-hybridized carbons (Fsp3) is 0.158.